The number of nitrogens with zero attached hydrogens (tertiary/aromatic N) is 7. The standard InChI is InChI=1S/C85H110N18O25/c1-7-54-55-38-53(23-24-60(55)95-73-56(54)44-103-65(73)39-59-58(80(103)117)47-126-81(118)85(59,121)8-2)128-84(120)101(5)30-29-100(4)83(119)127-46-57-48(3)102(74-66(106)41-67(122-6)75(112)72(57)74)45-70(109)91-28-32-124-34-36-125-35-33-123-31-27-89-42-50(99-88)19-22-51(104)13-11-16-68(107)90-25-10-9-14-62-77(114)96-61(15-12-26-92-82(86)87)76(113)93-43-69(108)94-64(40-71(110)111)79(116)98-63(78(115)97-62)37-49-17-20-52(105)21-18-49/h17-18,20-21,23-24,27,38-39,41,50,61-64,88,105,121H,7-16,19,22,25-26,28-37,40,42-47H2,1-6H3,(H,90,107)(H,91,109)(H,93,113)(H,94,108)(H,96,114)(H,97,115)(H,98,116)(H,110,111)(H4,86,87,92). The van der Waals surface area contributed by atoms with Crippen molar-refractivity contribution in [3.8, 4) is 22.9 Å². The van der Waals surface area contributed by atoms with Gasteiger partial charge in [-0.2, -0.15) is 5.11 Å². The number of nitrogens with one attached hydrogen (secondary N) is 10. The fraction of sp³-hybridized carbons (Fsp3) is 0.506. The number of esters is 1. The predicted molar refractivity (Wildman–Crippen MR) is 455 cm³/mol. The fourth-order valence-corrected chi connectivity index (χ4v) is 14.8. The number of phenolic OH excluding ortho intramolecular Hbond substituents is 1. The van der Waals surface area contributed by atoms with Crippen LogP contribution in [0, 0.1) is 17.9 Å². The average molecular weight is 1780 g/mol. The third-order valence-corrected chi connectivity index (χ3v) is 21.9. The number of ether oxygens (including phenoxy) is 7. The predicted octanol–water partition coefficient (Wildman–Crippen LogP) is 1.56. The molecule has 9 amide bonds. The highest BCUT2D eigenvalue weighted by molar-refractivity contribution is 6.24. The van der Waals surface area contributed by atoms with Gasteiger partial charge in [-0.3, -0.25) is 67.9 Å². The number of benzene rings is 2. The molecule has 1 saturated heterocycles. The van der Waals surface area contributed by atoms with Gasteiger partial charge in [-0.05, 0) is 112 Å². The molecule has 3 aromatic heterocycles. The number of aliphatic imine (C=N–C) groups is 1. The van der Waals surface area contributed by atoms with Crippen molar-refractivity contribution in [3.63, 3.8) is 0 Å². The minimum atomic E-state index is -1.98. The number of hydrogen-bond acceptors (Lipinski definition) is 29. The molecule has 43 heteroatoms. The number of carboxylic acids is 1. The van der Waals surface area contributed by atoms with E-state index in [1.807, 2.05) is 6.92 Å². The Morgan fingerprint density at radius 1 is 0.766 bits per heavy atom. The average Bonchev–Trinajstić information content (AvgIpc) is 1.52. The number of aliphatic carboxylic acids is 1. The lowest BCUT2D eigenvalue weighted by molar-refractivity contribution is -0.172. The lowest BCUT2D eigenvalue weighted by atomic mass is 9.86. The molecule has 6 atom stereocenters. The number of Topliss-reactive ketones (excluding diaryl/α,β-unsaturated/α-hetero) is 2. The smallest absolute Gasteiger partial charge is 0.415 e. The zero-order valence-corrected chi connectivity index (χ0v) is 72.1. The third kappa shape index (κ3) is 26.6. The minimum Gasteiger partial charge on any atom is -0.508 e. The van der Waals surface area contributed by atoms with E-state index in [2.05, 4.69) is 52.6 Å². The first kappa shape index (κ1) is 98.4. The fourth-order valence-electron chi connectivity index (χ4n) is 14.8. The number of cyclic esters (lactones) is 1. The number of aliphatic hydroxyl groups is 1. The highest BCUT2D eigenvalue weighted by Gasteiger charge is 2.46. The second kappa shape index (κ2) is 47.2. The van der Waals surface area contributed by atoms with Crippen LogP contribution in [0.5, 0.6) is 11.5 Å². The van der Waals surface area contributed by atoms with E-state index in [0.29, 0.717) is 46.4 Å². The summed E-state index contributed by atoms with van der Waals surface area (Å²) in [6, 6.07) is 5.88. The molecular formula is C85H110N18O25. The zero-order chi connectivity index (χ0) is 92.9. The van der Waals surface area contributed by atoms with Gasteiger partial charge in [-0.1, -0.05) is 26.0 Å². The molecule has 1 aliphatic carbocycles. The van der Waals surface area contributed by atoms with E-state index in [0.717, 1.165) is 17.2 Å². The first-order valence-electron chi connectivity index (χ1n) is 42.0. The molecule has 15 N–H and O–H groups in total. The van der Waals surface area contributed by atoms with Gasteiger partial charge in [0, 0.05) is 113 Å². The monoisotopic (exact) mass is 1780 g/mol. The SMILES string of the molecule is CCc1c2c(nc3ccc(OC(=O)N(C)CCN(C)C(=O)OCc4c5c(n(CC(=O)NCCOCCOCCOCC=NCC(CCC(=O)CCCC(=O)NCCCCC6NC(=O)C(Cc7ccc(O)cc7)NC(=O)C(CC(=O)O)NC(=O)CNC(=O)C(CCCNC(=N)N)NC6=O)N=N)c4C)C(=O)C=C(OC)C5=O)cc13)-c1cc3c(c(=O)n1C2)COC(=O)C3(O)CC. The number of methoxy groups -OCH3 is 1. The number of allylic oxidation sites excluding steroid dienone is 2. The van der Waals surface area contributed by atoms with Gasteiger partial charge in [-0.25, -0.2) is 24.9 Å². The maximum Gasteiger partial charge on any atom is 0.415 e. The Morgan fingerprint density at radius 2 is 1.43 bits per heavy atom. The number of hydrogen-bond donors (Lipinski definition) is 14. The number of aromatic hydroxyl groups is 1. The number of phenols is 1. The number of unbranched alkanes of at least 4 members (excludes halogenated alkanes) is 1. The normalized spacial score (nSPS) is 17.7. The molecule has 9 rings (SSSR count). The van der Waals surface area contributed by atoms with E-state index in [-0.39, 0.29) is 232 Å². The molecule has 4 aliphatic rings. The van der Waals surface area contributed by atoms with Gasteiger partial charge in [0.05, 0.1) is 107 Å². The number of guanidine groups is 1. The molecule has 43 nitrogen and oxygen atoms in total. The van der Waals surface area contributed by atoms with Crippen molar-refractivity contribution in [1.82, 2.24) is 66.5 Å². The Labute approximate surface area is 735 Å². The Kier molecular flexibility index (Phi) is 36.3. The Bertz CT molecular complexity index is 5120. The first-order valence-corrected chi connectivity index (χ1v) is 42.0. The number of likely N-dealkylation sites (N-methyl/N-ethyl adjacent to an activating group) is 2. The van der Waals surface area contributed by atoms with Crippen molar-refractivity contribution in [1.29, 1.82) is 10.9 Å². The van der Waals surface area contributed by atoms with Gasteiger partial charge in [0.2, 0.25) is 52.9 Å². The van der Waals surface area contributed by atoms with Crippen molar-refractivity contribution in [3.05, 3.63) is 121 Å². The van der Waals surface area contributed by atoms with Crippen LogP contribution in [0.3, 0.4) is 0 Å². The van der Waals surface area contributed by atoms with E-state index in [1.54, 1.807) is 42.7 Å². The number of nitrogens with two attached hydrogens (primary N) is 1. The molecule has 0 bridgehead atoms. The van der Waals surface area contributed by atoms with E-state index in [4.69, 9.17) is 54.8 Å². The topological polar surface area (TPSA) is 605 Å². The Morgan fingerprint density at radius 3 is 2.12 bits per heavy atom. The van der Waals surface area contributed by atoms with Crippen molar-refractivity contribution in [2.75, 3.05) is 107 Å². The number of carbonyl (C=O) groups excluding carboxylic acids is 13. The number of pyridine rings is 2. The van der Waals surface area contributed by atoms with E-state index in [1.165, 1.54) is 66.1 Å². The molecule has 3 aliphatic heterocycles. The van der Waals surface area contributed by atoms with Gasteiger partial charge in [0.25, 0.3) is 5.56 Å². The molecule has 2 aromatic carbocycles. The number of amides is 9. The van der Waals surface area contributed by atoms with Crippen LogP contribution in [0.4, 0.5) is 9.59 Å². The molecule has 0 spiro atoms. The molecule has 1 fully saturated rings. The van der Waals surface area contributed by atoms with Crippen molar-refractivity contribution >= 4 is 106 Å². The minimum absolute atomic E-state index is 0.0000171. The summed E-state index contributed by atoms with van der Waals surface area (Å²) < 4.78 is 41.6. The maximum atomic E-state index is 14.1. The summed E-state index contributed by atoms with van der Waals surface area (Å²) in [5.41, 5.74) is 15.0. The van der Waals surface area contributed by atoms with Crippen LogP contribution in [0.15, 0.2) is 75.3 Å². The van der Waals surface area contributed by atoms with E-state index >= 15 is 0 Å². The second-order valence-corrected chi connectivity index (χ2v) is 30.8. The van der Waals surface area contributed by atoms with Crippen LogP contribution < -0.4 is 58.6 Å². The molecule has 6 unspecified atom stereocenters. The van der Waals surface area contributed by atoms with E-state index in [9.17, 15) is 87.2 Å². The summed E-state index contributed by atoms with van der Waals surface area (Å²) in [5, 5.41) is 63.0. The number of fused-ring (bicyclic) bond motifs is 6. The number of rotatable bonds is 45. The first-order chi connectivity index (χ1) is 61.3. The largest absolute Gasteiger partial charge is 0.508 e. The van der Waals surface area contributed by atoms with Crippen LogP contribution >= 0.6 is 0 Å². The number of carboxylic acid groups (broad SMARTS) is 1. The molecule has 690 valence electrons. The molecule has 6 heterocycles. The summed E-state index contributed by atoms with van der Waals surface area (Å²) in [6.45, 7) is 4.93. The Balaban J connectivity index is 0.629. The van der Waals surface area contributed by atoms with E-state index < -0.39 is 132 Å². The lowest BCUT2D eigenvalue weighted by Crippen LogP contribution is -2.58. The zero-order valence-electron chi connectivity index (χ0n) is 72.1. The van der Waals surface area contributed by atoms with Gasteiger partial charge < -0.3 is 116 Å². The number of ketones is 3. The second-order valence-electron chi connectivity index (χ2n) is 30.8. The molecule has 128 heavy (non-hydrogen) atoms. The lowest BCUT2D eigenvalue weighted by Gasteiger charge is -2.31. The number of aromatic nitrogens is 3. The molecular weight excluding hydrogens is 1670 g/mol. The van der Waals surface area contributed by atoms with Crippen LogP contribution in [0.25, 0.3) is 22.3 Å². The van der Waals surface area contributed by atoms with Crippen LogP contribution in [0.2, 0.25) is 0 Å². The highest BCUT2D eigenvalue weighted by atomic mass is 16.6. The van der Waals surface area contributed by atoms with Crippen LogP contribution in [-0.4, -0.2) is 271 Å². The summed E-state index contributed by atoms with van der Waals surface area (Å²) >= 11 is 0. The van der Waals surface area contributed by atoms with Gasteiger partial charge in [0.1, 0.15) is 66.9 Å². The Hall–Kier alpha value is -13.4. The third-order valence-electron chi connectivity index (χ3n) is 21.9. The van der Waals surface area contributed by atoms with Gasteiger partial charge >= 0.3 is 24.1 Å². The summed E-state index contributed by atoms with van der Waals surface area (Å²) in [6.07, 6.45) is 1.70. The van der Waals surface area contributed by atoms with Crippen molar-refractivity contribution in [2.24, 2.45) is 15.8 Å². The molecule has 5 aromatic rings. The van der Waals surface area contributed by atoms with Crippen LogP contribution in [0.1, 0.15) is 151 Å². The number of aryl methyl sites for hydroxylation is 1. The van der Waals surface area contributed by atoms with Gasteiger partial charge in [0.15, 0.2) is 17.3 Å². The summed E-state index contributed by atoms with van der Waals surface area (Å²) in [7, 11) is 4.15. The molecule has 0 saturated carbocycles. The van der Waals surface area contributed by atoms with Crippen molar-refractivity contribution in [2.45, 2.75) is 173 Å². The van der Waals surface area contributed by atoms with Gasteiger partial charge in [-0.15, -0.1) is 0 Å². The maximum absolute atomic E-state index is 14.1. The molecule has 0 radical (unpaired) electrons. The summed E-state index contributed by atoms with van der Waals surface area (Å²) in [4.78, 5) is 212. The summed E-state index contributed by atoms with van der Waals surface area (Å²) in [5.74, 6) is -9.57. The number of carbonyl (C=O) groups is 14. The quantitative estimate of drug-likeness (QED) is 0.00848. The van der Waals surface area contributed by atoms with Crippen LogP contribution in [-0.2, 0) is 121 Å². The van der Waals surface area contributed by atoms with Crippen molar-refractivity contribution < 1.29 is 116 Å². The highest BCUT2D eigenvalue weighted by Crippen LogP contribution is 2.41.